The van der Waals surface area contributed by atoms with Crippen molar-refractivity contribution in [1.29, 1.82) is 0 Å². The van der Waals surface area contributed by atoms with Crippen molar-refractivity contribution in [3.8, 4) is 0 Å². The molecule has 3 heteroatoms. The van der Waals surface area contributed by atoms with E-state index in [-0.39, 0.29) is 5.38 Å². The van der Waals surface area contributed by atoms with Crippen LogP contribution in [-0.4, -0.2) is 31.2 Å². The molecule has 1 rings (SSSR count). The molecule has 0 spiro atoms. The summed E-state index contributed by atoms with van der Waals surface area (Å²) in [6, 6.07) is 0.372. The molecule has 0 aromatic carbocycles. The Hall–Kier alpha value is 0.210. The van der Waals surface area contributed by atoms with E-state index >= 15 is 0 Å². The summed E-state index contributed by atoms with van der Waals surface area (Å²) in [5, 5.41) is 3.41. The van der Waals surface area contributed by atoms with Gasteiger partial charge in [0.1, 0.15) is 0 Å². The predicted octanol–water partition coefficient (Wildman–Crippen LogP) is 0.602. The molecule has 1 aliphatic heterocycles. The van der Waals surface area contributed by atoms with Gasteiger partial charge in [0.05, 0.1) is 18.6 Å². The average Bonchev–Trinajstić information content (AvgIpc) is 2.18. The topological polar surface area (TPSA) is 21.3 Å². The van der Waals surface area contributed by atoms with Crippen molar-refractivity contribution in [3.05, 3.63) is 0 Å². The van der Waals surface area contributed by atoms with Gasteiger partial charge in [0.2, 0.25) is 0 Å². The molecular weight excluding hydrogens is 138 g/mol. The van der Waals surface area contributed by atoms with Crippen LogP contribution in [0.2, 0.25) is 0 Å². The second-order valence-electron chi connectivity index (χ2n) is 2.22. The lowest BCUT2D eigenvalue weighted by atomic mass is 10.2. The number of nitrogens with one attached hydrogen (secondary N) is 1. The molecule has 9 heavy (non-hydrogen) atoms. The van der Waals surface area contributed by atoms with Crippen LogP contribution in [0.4, 0.5) is 0 Å². The van der Waals surface area contributed by atoms with Crippen LogP contribution in [0.15, 0.2) is 0 Å². The van der Waals surface area contributed by atoms with Crippen LogP contribution in [0.1, 0.15) is 6.92 Å². The number of hydrogen-bond donors (Lipinski definition) is 1. The molecule has 1 aliphatic rings. The van der Waals surface area contributed by atoms with Crippen molar-refractivity contribution >= 4 is 11.6 Å². The smallest absolute Gasteiger partial charge is 0.0745 e. The van der Waals surface area contributed by atoms with E-state index < -0.39 is 0 Å². The Morgan fingerprint density at radius 1 is 1.67 bits per heavy atom. The highest BCUT2D eigenvalue weighted by molar-refractivity contribution is 6.21. The second kappa shape index (κ2) is 3.40. The van der Waals surface area contributed by atoms with Gasteiger partial charge >= 0.3 is 0 Å². The number of hydrogen-bond acceptors (Lipinski definition) is 2. The summed E-state index contributed by atoms with van der Waals surface area (Å²) in [6.07, 6.45) is 0. The van der Waals surface area contributed by atoms with Gasteiger partial charge in [-0.3, -0.25) is 0 Å². The third-order valence-corrected chi connectivity index (χ3v) is 1.91. The molecule has 0 aromatic rings. The van der Waals surface area contributed by atoms with Crippen molar-refractivity contribution in [2.75, 3.05) is 19.8 Å². The highest BCUT2D eigenvalue weighted by Gasteiger charge is 2.24. The minimum absolute atomic E-state index is 0.171. The van der Waals surface area contributed by atoms with Gasteiger partial charge in [-0.1, -0.05) is 6.92 Å². The van der Waals surface area contributed by atoms with Gasteiger partial charge in [-0.05, 0) is 6.54 Å². The Morgan fingerprint density at radius 2 is 2.44 bits per heavy atom. The Kier molecular flexibility index (Phi) is 2.76. The van der Waals surface area contributed by atoms with Gasteiger partial charge in [-0.25, -0.2) is 0 Å². The first-order chi connectivity index (χ1) is 4.34. The summed E-state index contributed by atoms with van der Waals surface area (Å²) in [4.78, 5) is 0. The van der Waals surface area contributed by atoms with Crippen LogP contribution in [0, 0.1) is 0 Å². The highest BCUT2D eigenvalue weighted by atomic mass is 35.5. The average molecular weight is 150 g/mol. The minimum atomic E-state index is 0.171. The van der Waals surface area contributed by atoms with E-state index in [9.17, 15) is 0 Å². The summed E-state index contributed by atoms with van der Waals surface area (Å²) >= 11 is 5.87. The lowest BCUT2D eigenvalue weighted by molar-refractivity contribution is 0.190. The van der Waals surface area contributed by atoms with Crippen molar-refractivity contribution in [1.82, 2.24) is 5.32 Å². The molecule has 1 fully saturated rings. The summed E-state index contributed by atoms with van der Waals surface area (Å²) < 4.78 is 5.13. The molecule has 0 bridgehead atoms. The second-order valence-corrected chi connectivity index (χ2v) is 2.78. The maximum Gasteiger partial charge on any atom is 0.0745 e. The molecule has 1 saturated heterocycles. The fraction of sp³-hybridized carbons (Fsp3) is 1.00. The van der Waals surface area contributed by atoms with Crippen molar-refractivity contribution in [3.63, 3.8) is 0 Å². The van der Waals surface area contributed by atoms with E-state index in [0.717, 1.165) is 13.2 Å². The third-order valence-electron chi connectivity index (χ3n) is 1.48. The lowest BCUT2D eigenvalue weighted by Gasteiger charge is -2.10. The fourth-order valence-electron chi connectivity index (χ4n) is 0.977. The van der Waals surface area contributed by atoms with Crippen LogP contribution in [0.3, 0.4) is 0 Å². The molecule has 0 amide bonds. The summed E-state index contributed by atoms with van der Waals surface area (Å²) in [7, 11) is 0. The zero-order chi connectivity index (χ0) is 6.69. The first-order valence-electron chi connectivity index (χ1n) is 3.29. The summed E-state index contributed by atoms with van der Waals surface area (Å²) in [6.45, 7) is 4.50. The summed E-state index contributed by atoms with van der Waals surface area (Å²) in [5.74, 6) is 0. The Morgan fingerprint density at radius 3 is 2.89 bits per heavy atom. The number of halogens is 1. The van der Waals surface area contributed by atoms with Crippen LogP contribution >= 0.6 is 11.6 Å². The Labute approximate surface area is 60.5 Å². The number of ether oxygens (including phenoxy) is 1. The van der Waals surface area contributed by atoms with Gasteiger partial charge < -0.3 is 10.1 Å². The van der Waals surface area contributed by atoms with E-state index in [1.165, 1.54) is 0 Å². The molecule has 1 N–H and O–H groups in total. The predicted molar refractivity (Wildman–Crippen MR) is 37.9 cm³/mol. The largest absolute Gasteiger partial charge is 0.378 e. The molecule has 0 aromatic heterocycles. The van der Waals surface area contributed by atoms with Crippen molar-refractivity contribution in [2.45, 2.75) is 18.3 Å². The fourth-order valence-corrected chi connectivity index (χ4v) is 1.23. The van der Waals surface area contributed by atoms with E-state index in [0.29, 0.717) is 12.6 Å². The quantitative estimate of drug-likeness (QED) is 0.581. The van der Waals surface area contributed by atoms with Crippen LogP contribution < -0.4 is 5.32 Å². The van der Waals surface area contributed by atoms with E-state index in [1.807, 2.05) is 0 Å². The zero-order valence-electron chi connectivity index (χ0n) is 5.56. The molecule has 2 atom stereocenters. The van der Waals surface area contributed by atoms with Gasteiger partial charge in [0.25, 0.3) is 0 Å². The van der Waals surface area contributed by atoms with Gasteiger partial charge in [0.15, 0.2) is 0 Å². The van der Waals surface area contributed by atoms with Gasteiger partial charge in [-0.2, -0.15) is 0 Å². The molecule has 2 unspecified atom stereocenters. The molecule has 0 aliphatic carbocycles. The normalized spacial score (nSPS) is 35.3. The maximum atomic E-state index is 5.87. The van der Waals surface area contributed by atoms with E-state index in [4.69, 9.17) is 16.3 Å². The van der Waals surface area contributed by atoms with E-state index in [1.54, 1.807) is 0 Å². The lowest BCUT2D eigenvalue weighted by Crippen LogP contribution is -2.35. The third kappa shape index (κ3) is 1.81. The standard InChI is InChI=1S/C6H12ClNO/c1-2-8-6-4-9-3-5(6)7/h5-6,8H,2-4H2,1H3. The Balaban J connectivity index is 2.22. The van der Waals surface area contributed by atoms with Gasteiger partial charge in [0, 0.05) is 6.04 Å². The summed E-state index contributed by atoms with van der Waals surface area (Å²) in [5.41, 5.74) is 0. The molecular formula is C6H12ClNO. The maximum absolute atomic E-state index is 5.87. The number of alkyl halides is 1. The molecule has 2 nitrogen and oxygen atoms in total. The Bertz CT molecular complexity index is 89.1. The molecule has 54 valence electrons. The van der Waals surface area contributed by atoms with E-state index in [2.05, 4.69) is 12.2 Å². The van der Waals surface area contributed by atoms with Crippen molar-refractivity contribution < 1.29 is 4.74 Å². The van der Waals surface area contributed by atoms with Crippen LogP contribution in [-0.2, 0) is 4.74 Å². The molecule has 1 heterocycles. The van der Waals surface area contributed by atoms with Crippen molar-refractivity contribution in [2.24, 2.45) is 0 Å². The van der Waals surface area contributed by atoms with Crippen LogP contribution in [0.25, 0.3) is 0 Å². The number of likely N-dealkylation sites (N-methyl/N-ethyl adjacent to an activating group) is 1. The first kappa shape index (κ1) is 7.32. The molecule has 0 saturated carbocycles. The SMILES string of the molecule is CCNC1COCC1Cl. The first-order valence-corrected chi connectivity index (χ1v) is 3.73. The highest BCUT2D eigenvalue weighted by Crippen LogP contribution is 2.11. The van der Waals surface area contributed by atoms with Crippen LogP contribution in [0.5, 0.6) is 0 Å². The monoisotopic (exact) mass is 149 g/mol. The zero-order valence-corrected chi connectivity index (χ0v) is 6.32. The van der Waals surface area contributed by atoms with Gasteiger partial charge in [-0.15, -0.1) is 11.6 Å². The minimum Gasteiger partial charge on any atom is -0.378 e. The molecule has 0 radical (unpaired) electrons. The number of rotatable bonds is 2.